The highest BCUT2D eigenvalue weighted by atomic mass is 35.5. The summed E-state index contributed by atoms with van der Waals surface area (Å²) < 4.78 is 0.778. The summed E-state index contributed by atoms with van der Waals surface area (Å²) in [6.07, 6.45) is 5.72. The Kier molecular flexibility index (Phi) is 2.63. The molecule has 0 aliphatic heterocycles. The van der Waals surface area contributed by atoms with E-state index >= 15 is 0 Å². The summed E-state index contributed by atoms with van der Waals surface area (Å²) in [7, 11) is 0. The van der Waals surface area contributed by atoms with Crippen molar-refractivity contribution in [3.63, 3.8) is 0 Å². The molecular weight excluding hydrogens is 192 g/mol. The van der Waals surface area contributed by atoms with Gasteiger partial charge in [0.2, 0.25) is 0 Å². The van der Waals surface area contributed by atoms with Crippen molar-refractivity contribution < 1.29 is 0 Å². The Bertz CT molecular complexity index is 257. The van der Waals surface area contributed by atoms with Gasteiger partial charge in [0.25, 0.3) is 0 Å². The molecule has 1 aliphatic rings. The van der Waals surface area contributed by atoms with Crippen LogP contribution in [0.2, 0.25) is 4.34 Å². The highest BCUT2D eigenvalue weighted by molar-refractivity contribution is 7.15. The fraction of sp³-hybridized carbons (Fsp3) is 0.625. The monoisotopic (exact) mass is 202 g/mol. The van der Waals surface area contributed by atoms with Gasteiger partial charge in [0.15, 0.2) is 0 Å². The van der Waals surface area contributed by atoms with Crippen LogP contribution < -0.4 is 5.32 Å². The highest BCUT2D eigenvalue weighted by Crippen LogP contribution is 2.21. The van der Waals surface area contributed by atoms with Crippen LogP contribution in [0, 0.1) is 0 Å². The Morgan fingerprint density at radius 1 is 1.67 bits per heavy atom. The van der Waals surface area contributed by atoms with Gasteiger partial charge in [-0.15, -0.1) is 11.3 Å². The standard InChI is InChI=1S/C8H11ClN2S/c9-7-4-11-8(12-7)5-10-6-2-1-3-6/h4,6,10H,1-3,5H2. The molecule has 0 saturated heterocycles. The number of hydrogen-bond acceptors (Lipinski definition) is 3. The van der Waals surface area contributed by atoms with E-state index in [9.17, 15) is 0 Å². The molecule has 0 atom stereocenters. The van der Waals surface area contributed by atoms with Crippen LogP contribution in [0.25, 0.3) is 0 Å². The Hall–Kier alpha value is -0.120. The van der Waals surface area contributed by atoms with Crippen LogP contribution >= 0.6 is 22.9 Å². The molecule has 12 heavy (non-hydrogen) atoms. The molecule has 4 heteroatoms. The van der Waals surface area contributed by atoms with Gasteiger partial charge >= 0.3 is 0 Å². The Balaban J connectivity index is 1.79. The zero-order valence-electron chi connectivity index (χ0n) is 6.72. The molecule has 1 saturated carbocycles. The molecule has 0 radical (unpaired) electrons. The van der Waals surface area contributed by atoms with Gasteiger partial charge in [-0.3, -0.25) is 0 Å². The summed E-state index contributed by atoms with van der Waals surface area (Å²) in [5.74, 6) is 0. The van der Waals surface area contributed by atoms with Crippen LogP contribution in [-0.2, 0) is 6.54 Å². The SMILES string of the molecule is Clc1cnc(CNC2CCC2)s1. The summed E-state index contributed by atoms with van der Waals surface area (Å²) in [5.41, 5.74) is 0. The molecule has 1 fully saturated rings. The molecule has 1 N–H and O–H groups in total. The summed E-state index contributed by atoms with van der Waals surface area (Å²) >= 11 is 7.31. The average Bonchev–Trinajstić information content (AvgIpc) is 2.32. The van der Waals surface area contributed by atoms with Gasteiger partial charge in [-0.1, -0.05) is 18.0 Å². The Labute approximate surface area is 81.0 Å². The van der Waals surface area contributed by atoms with E-state index in [4.69, 9.17) is 11.6 Å². The topological polar surface area (TPSA) is 24.9 Å². The van der Waals surface area contributed by atoms with Gasteiger partial charge in [-0.25, -0.2) is 4.98 Å². The van der Waals surface area contributed by atoms with Crippen molar-refractivity contribution in [3.8, 4) is 0 Å². The van der Waals surface area contributed by atoms with Gasteiger partial charge in [-0.05, 0) is 12.8 Å². The van der Waals surface area contributed by atoms with Crippen molar-refractivity contribution in [3.05, 3.63) is 15.5 Å². The van der Waals surface area contributed by atoms with Gasteiger partial charge in [-0.2, -0.15) is 0 Å². The fourth-order valence-electron chi connectivity index (χ4n) is 1.21. The maximum atomic E-state index is 5.75. The first-order valence-electron chi connectivity index (χ1n) is 4.18. The molecule has 0 aromatic carbocycles. The zero-order chi connectivity index (χ0) is 8.39. The summed E-state index contributed by atoms with van der Waals surface area (Å²) in [4.78, 5) is 4.17. The van der Waals surface area contributed by atoms with Crippen LogP contribution in [0.5, 0.6) is 0 Å². The minimum absolute atomic E-state index is 0.729. The molecular formula is C8H11ClN2S. The predicted molar refractivity (Wildman–Crippen MR) is 51.6 cm³/mol. The Morgan fingerprint density at radius 3 is 3.00 bits per heavy atom. The lowest BCUT2D eigenvalue weighted by atomic mass is 9.93. The molecule has 0 spiro atoms. The van der Waals surface area contributed by atoms with Crippen molar-refractivity contribution in [1.29, 1.82) is 0 Å². The molecule has 0 unspecified atom stereocenters. The second-order valence-corrected chi connectivity index (χ2v) is 4.81. The molecule has 1 aliphatic carbocycles. The molecule has 1 aromatic heterocycles. The van der Waals surface area contributed by atoms with Crippen molar-refractivity contribution in [1.82, 2.24) is 10.3 Å². The lowest BCUT2D eigenvalue weighted by molar-refractivity contribution is 0.338. The van der Waals surface area contributed by atoms with E-state index in [0.29, 0.717) is 0 Å². The second kappa shape index (κ2) is 3.73. The minimum atomic E-state index is 0.729. The molecule has 2 nitrogen and oxygen atoms in total. The number of halogens is 1. The van der Waals surface area contributed by atoms with Crippen molar-refractivity contribution in [2.24, 2.45) is 0 Å². The smallest absolute Gasteiger partial charge is 0.113 e. The third-order valence-electron chi connectivity index (χ3n) is 2.17. The van der Waals surface area contributed by atoms with E-state index in [1.807, 2.05) is 0 Å². The number of nitrogens with zero attached hydrogens (tertiary/aromatic N) is 1. The van der Waals surface area contributed by atoms with Crippen LogP contribution in [0.4, 0.5) is 0 Å². The molecule has 1 aromatic rings. The largest absolute Gasteiger partial charge is 0.308 e. The zero-order valence-corrected chi connectivity index (χ0v) is 8.29. The third-order valence-corrected chi connectivity index (χ3v) is 3.29. The van der Waals surface area contributed by atoms with Crippen LogP contribution in [-0.4, -0.2) is 11.0 Å². The average molecular weight is 203 g/mol. The maximum absolute atomic E-state index is 5.75. The van der Waals surface area contributed by atoms with E-state index in [1.54, 1.807) is 17.5 Å². The normalized spacial score (nSPS) is 17.8. The number of aromatic nitrogens is 1. The van der Waals surface area contributed by atoms with E-state index < -0.39 is 0 Å². The van der Waals surface area contributed by atoms with Crippen molar-refractivity contribution in [2.45, 2.75) is 31.8 Å². The van der Waals surface area contributed by atoms with Gasteiger partial charge in [0.05, 0.1) is 6.20 Å². The third kappa shape index (κ3) is 1.97. The minimum Gasteiger partial charge on any atom is -0.308 e. The van der Waals surface area contributed by atoms with E-state index in [0.717, 1.165) is 21.9 Å². The number of thiazole rings is 1. The first-order valence-corrected chi connectivity index (χ1v) is 5.37. The van der Waals surface area contributed by atoms with E-state index in [1.165, 1.54) is 19.3 Å². The van der Waals surface area contributed by atoms with E-state index in [-0.39, 0.29) is 0 Å². The molecule has 0 bridgehead atoms. The number of nitrogens with one attached hydrogen (secondary N) is 1. The lowest BCUT2D eigenvalue weighted by Crippen LogP contribution is -2.34. The summed E-state index contributed by atoms with van der Waals surface area (Å²) in [6, 6.07) is 0.729. The number of hydrogen-bond donors (Lipinski definition) is 1. The number of rotatable bonds is 3. The van der Waals surface area contributed by atoms with E-state index in [2.05, 4.69) is 10.3 Å². The first-order chi connectivity index (χ1) is 5.84. The quantitative estimate of drug-likeness (QED) is 0.815. The Morgan fingerprint density at radius 2 is 2.50 bits per heavy atom. The summed E-state index contributed by atoms with van der Waals surface area (Å²) in [5, 5.41) is 4.53. The predicted octanol–water partition coefficient (Wildman–Crippen LogP) is 2.44. The molecule has 0 amide bonds. The first kappa shape index (κ1) is 8.48. The molecule has 2 rings (SSSR count). The second-order valence-electron chi connectivity index (χ2n) is 3.07. The van der Waals surface area contributed by atoms with Gasteiger partial charge in [0, 0.05) is 12.6 Å². The van der Waals surface area contributed by atoms with Gasteiger partial charge < -0.3 is 5.32 Å². The maximum Gasteiger partial charge on any atom is 0.113 e. The van der Waals surface area contributed by atoms with Gasteiger partial charge in [0.1, 0.15) is 9.34 Å². The van der Waals surface area contributed by atoms with Crippen LogP contribution in [0.15, 0.2) is 6.20 Å². The fourth-order valence-corrected chi connectivity index (χ4v) is 2.12. The van der Waals surface area contributed by atoms with Crippen LogP contribution in [0.1, 0.15) is 24.3 Å². The van der Waals surface area contributed by atoms with Crippen LogP contribution in [0.3, 0.4) is 0 Å². The highest BCUT2D eigenvalue weighted by Gasteiger charge is 2.16. The van der Waals surface area contributed by atoms with Crippen molar-refractivity contribution >= 4 is 22.9 Å². The van der Waals surface area contributed by atoms with Crippen molar-refractivity contribution in [2.75, 3.05) is 0 Å². The molecule has 66 valence electrons. The lowest BCUT2D eigenvalue weighted by Gasteiger charge is -2.25. The molecule has 1 heterocycles. The summed E-state index contributed by atoms with van der Waals surface area (Å²) in [6.45, 7) is 0.877.